The van der Waals surface area contributed by atoms with Gasteiger partial charge in [0.25, 0.3) is 0 Å². The van der Waals surface area contributed by atoms with Gasteiger partial charge < -0.3 is 21.7 Å². The summed E-state index contributed by atoms with van der Waals surface area (Å²) in [6.07, 6.45) is 8.65. The van der Waals surface area contributed by atoms with Crippen molar-refractivity contribution in [3.05, 3.63) is 0 Å². The van der Waals surface area contributed by atoms with Gasteiger partial charge in [0, 0.05) is 18.6 Å². The van der Waals surface area contributed by atoms with Gasteiger partial charge in [-0.3, -0.25) is 4.79 Å². The number of nitrogens with one attached hydrogen (secondary N) is 3. The molecular weight excluding hydrogens is 268 g/mol. The van der Waals surface area contributed by atoms with Crippen LogP contribution in [0.25, 0.3) is 0 Å². The first-order chi connectivity index (χ1) is 10.2. The summed E-state index contributed by atoms with van der Waals surface area (Å²) in [5.74, 6) is -0.180. The number of carbonyl (C=O) groups excluding carboxylic acids is 2. The number of hydrogen-bond acceptors (Lipinski definition) is 3. The summed E-state index contributed by atoms with van der Waals surface area (Å²) in [7, 11) is 0. The number of unbranched alkanes of at least 4 members (excludes halogenated alkanes) is 1. The number of rotatable bonds is 8. The first kappa shape index (κ1) is 17.8. The van der Waals surface area contributed by atoms with Gasteiger partial charge in [-0.1, -0.05) is 39.0 Å². The van der Waals surface area contributed by atoms with E-state index in [1.807, 2.05) is 0 Å². The van der Waals surface area contributed by atoms with Crippen LogP contribution in [0.4, 0.5) is 4.79 Å². The molecule has 0 heterocycles. The van der Waals surface area contributed by atoms with Gasteiger partial charge in [0.15, 0.2) is 0 Å². The molecule has 1 fully saturated rings. The zero-order valence-electron chi connectivity index (χ0n) is 13.1. The molecule has 1 aliphatic carbocycles. The van der Waals surface area contributed by atoms with Crippen molar-refractivity contribution in [2.24, 2.45) is 5.73 Å². The summed E-state index contributed by atoms with van der Waals surface area (Å²) in [4.78, 5) is 23.5. The van der Waals surface area contributed by atoms with Crippen molar-refractivity contribution < 1.29 is 9.59 Å². The molecule has 1 rings (SSSR count). The van der Waals surface area contributed by atoms with E-state index < -0.39 is 0 Å². The maximum atomic E-state index is 11.8. The third-order valence-electron chi connectivity index (χ3n) is 3.91. The lowest BCUT2D eigenvalue weighted by Gasteiger charge is -2.23. The fourth-order valence-corrected chi connectivity index (χ4v) is 2.62. The molecule has 1 saturated carbocycles. The van der Waals surface area contributed by atoms with Gasteiger partial charge >= 0.3 is 6.03 Å². The number of nitrogens with two attached hydrogens (primary N) is 1. The van der Waals surface area contributed by atoms with E-state index in [1.54, 1.807) is 0 Å². The molecule has 21 heavy (non-hydrogen) atoms. The Morgan fingerprint density at radius 2 is 1.95 bits per heavy atom. The van der Waals surface area contributed by atoms with Gasteiger partial charge in [-0.05, 0) is 19.3 Å². The summed E-state index contributed by atoms with van der Waals surface area (Å²) in [6, 6.07) is -0.00119. The molecule has 0 aliphatic heterocycles. The number of urea groups is 1. The van der Waals surface area contributed by atoms with Crippen LogP contribution in [0.3, 0.4) is 0 Å². The molecule has 1 unspecified atom stereocenters. The van der Waals surface area contributed by atoms with Crippen molar-refractivity contribution in [1.82, 2.24) is 16.0 Å². The Bertz CT molecular complexity index is 317. The molecule has 3 amide bonds. The van der Waals surface area contributed by atoms with E-state index in [-0.39, 0.29) is 30.6 Å². The van der Waals surface area contributed by atoms with Crippen LogP contribution in [0.5, 0.6) is 0 Å². The zero-order chi connectivity index (χ0) is 15.5. The van der Waals surface area contributed by atoms with E-state index in [4.69, 9.17) is 5.73 Å². The maximum Gasteiger partial charge on any atom is 0.315 e. The van der Waals surface area contributed by atoms with E-state index in [9.17, 15) is 9.59 Å². The molecule has 122 valence electrons. The normalized spacial score (nSPS) is 17.0. The van der Waals surface area contributed by atoms with Crippen molar-refractivity contribution in [1.29, 1.82) is 0 Å². The number of hydrogen-bond donors (Lipinski definition) is 4. The van der Waals surface area contributed by atoms with Crippen LogP contribution in [-0.2, 0) is 4.79 Å². The minimum atomic E-state index is -0.255. The van der Waals surface area contributed by atoms with Gasteiger partial charge in [-0.25, -0.2) is 4.79 Å². The van der Waals surface area contributed by atoms with Crippen molar-refractivity contribution in [2.75, 3.05) is 13.1 Å². The third kappa shape index (κ3) is 7.90. The largest absolute Gasteiger partial charge is 0.351 e. The molecule has 0 aromatic heterocycles. The average molecular weight is 298 g/mol. The number of amides is 3. The molecule has 0 aromatic carbocycles. The number of carbonyl (C=O) groups is 2. The molecule has 0 bridgehead atoms. The highest BCUT2D eigenvalue weighted by Gasteiger charge is 2.16. The van der Waals surface area contributed by atoms with E-state index in [2.05, 4.69) is 22.9 Å². The molecule has 6 nitrogen and oxygen atoms in total. The van der Waals surface area contributed by atoms with Crippen LogP contribution in [0.2, 0.25) is 0 Å². The molecular formula is C15H30N4O2. The van der Waals surface area contributed by atoms with Gasteiger partial charge in [0.2, 0.25) is 5.91 Å². The van der Waals surface area contributed by atoms with Gasteiger partial charge in [-0.15, -0.1) is 0 Å². The van der Waals surface area contributed by atoms with E-state index in [0.29, 0.717) is 6.54 Å². The van der Waals surface area contributed by atoms with Crippen LogP contribution in [0, 0.1) is 0 Å². The smallest absolute Gasteiger partial charge is 0.315 e. The second kappa shape index (κ2) is 10.4. The quantitative estimate of drug-likeness (QED) is 0.543. The van der Waals surface area contributed by atoms with Crippen molar-refractivity contribution in [3.8, 4) is 0 Å². The second-order valence-electron chi connectivity index (χ2n) is 5.80. The Morgan fingerprint density at radius 3 is 2.57 bits per heavy atom. The highest BCUT2D eigenvalue weighted by atomic mass is 16.2. The second-order valence-corrected chi connectivity index (χ2v) is 5.80. The fraction of sp³-hybridized carbons (Fsp3) is 0.867. The molecule has 0 saturated heterocycles. The van der Waals surface area contributed by atoms with Crippen LogP contribution in [-0.4, -0.2) is 37.1 Å². The molecule has 0 spiro atoms. The molecule has 0 radical (unpaired) electrons. The summed E-state index contributed by atoms with van der Waals surface area (Å²) >= 11 is 0. The van der Waals surface area contributed by atoms with Crippen LogP contribution in [0.15, 0.2) is 0 Å². The highest BCUT2D eigenvalue weighted by molar-refractivity contribution is 5.84. The Hall–Kier alpha value is -1.30. The summed E-state index contributed by atoms with van der Waals surface area (Å²) in [6.45, 7) is 2.54. The molecule has 1 aliphatic rings. The Morgan fingerprint density at radius 1 is 1.24 bits per heavy atom. The SMILES string of the molecule is CCCCC(CN)NC(=O)CNC(=O)NC1CCCCC1. The lowest BCUT2D eigenvalue weighted by atomic mass is 9.96. The van der Waals surface area contributed by atoms with Gasteiger partial charge in [-0.2, -0.15) is 0 Å². The van der Waals surface area contributed by atoms with E-state index in [1.165, 1.54) is 19.3 Å². The summed E-state index contributed by atoms with van der Waals surface area (Å²) < 4.78 is 0. The molecule has 1 atom stereocenters. The van der Waals surface area contributed by atoms with Crippen molar-refractivity contribution in [3.63, 3.8) is 0 Å². The average Bonchev–Trinajstić information content (AvgIpc) is 2.50. The third-order valence-corrected chi connectivity index (χ3v) is 3.91. The topological polar surface area (TPSA) is 96.2 Å². The highest BCUT2D eigenvalue weighted by Crippen LogP contribution is 2.16. The predicted octanol–water partition coefficient (Wildman–Crippen LogP) is 1.25. The standard InChI is InChI=1S/C15H30N4O2/c1-2-3-7-13(10-16)18-14(20)11-17-15(21)19-12-8-5-4-6-9-12/h12-13H,2-11,16H2,1H3,(H,18,20)(H2,17,19,21). The van der Waals surface area contributed by atoms with Gasteiger partial charge in [0.1, 0.15) is 0 Å². The Kier molecular flexibility index (Phi) is 8.82. The van der Waals surface area contributed by atoms with Crippen LogP contribution >= 0.6 is 0 Å². The van der Waals surface area contributed by atoms with Crippen LogP contribution < -0.4 is 21.7 Å². The fourth-order valence-electron chi connectivity index (χ4n) is 2.62. The minimum absolute atomic E-state index is 0.000607. The lowest BCUT2D eigenvalue weighted by Crippen LogP contribution is -2.48. The zero-order valence-corrected chi connectivity index (χ0v) is 13.1. The van der Waals surface area contributed by atoms with Gasteiger partial charge in [0.05, 0.1) is 6.54 Å². The van der Waals surface area contributed by atoms with E-state index in [0.717, 1.165) is 32.1 Å². The van der Waals surface area contributed by atoms with E-state index >= 15 is 0 Å². The Balaban J connectivity index is 2.17. The maximum absolute atomic E-state index is 11.8. The van der Waals surface area contributed by atoms with Crippen molar-refractivity contribution in [2.45, 2.75) is 70.4 Å². The predicted molar refractivity (Wildman–Crippen MR) is 83.9 cm³/mol. The molecule has 6 heteroatoms. The molecule has 5 N–H and O–H groups in total. The lowest BCUT2D eigenvalue weighted by molar-refractivity contribution is -0.120. The van der Waals surface area contributed by atoms with Crippen molar-refractivity contribution >= 4 is 11.9 Å². The minimum Gasteiger partial charge on any atom is -0.351 e. The first-order valence-electron chi connectivity index (χ1n) is 8.19. The Labute approximate surface area is 127 Å². The monoisotopic (exact) mass is 298 g/mol. The van der Waals surface area contributed by atoms with Crippen LogP contribution in [0.1, 0.15) is 58.3 Å². The first-order valence-corrected chi connectivity index (χ1v) is 8.19. The summed E-state index contributed by atoms with van der Waals surface area (Å²) in [5, 5.41) is 8.39. The molecule has 0 aromatic rings. The summed E-state index contributed by atoms with van der Waals surface area (Å²) in [5.41, 5.74) is 5.63.